The first-order valence-electron chi connectivity index (χ1n) is 10.3. The number of halogens is 3. The lowest BCUT2D eigenvalue weighted by molar-refractivity contribution is -0.135. The minimum atomic E-state index is -3.99. The summed E-state index contributed by atoms with van der Waals surface area (Å²) in [5.41, 5.74) is 0. The van der Waals surface area contributed by atoms with E-state index in [0.717, 1.165) is 38.5 Å². The zero-order valence-electron chi connectivity index (χ0n) is 16.1. The summed E-state index contributed by atoms with van der Waals surface area (Å²) in [6.07, 6.45) is 11.8. The van der Waals surface area contributed by atoms with E-state index in [1.54, 1.807) is 0 Å². The lowest BCUT2D eigenvalue weighted by atomic mass is 10.0. The Hall–Kier alpha value is -0.0600. The molecule has 0 aliphatic heterocycles. The van der Waals surface area contributed by atoms with Crippen molar-refractivity contribution < 1.29 is 27.5 Å². The molecule has 0 aromatic rings. The van der Waals surface area contributed by atoms with E-state index in [-0.39, 0.29) is 12.6 Å². The zero-order chi connectivity index (χ0) is 19.7. The average Bonchev–Trinajstić information content (AvgIpc) is 2.51. The molecule has 0 bridgehead atoms. The Labute approximate surface area is 157 Å². The van der Waals surface area contributed by atoms with Crippen molar-refractivity contribution in [2.45, 2.75) is 115 Å². The molecule has 0 saturated heterocycles. The third kappa shape index (κ3) is 23.9. The third-order valence-corrected chi connectivity index (χ3v) is 5.56. The average molecular weight is 402 g/mol. The molecule has 0 aromatic carbocycles. The minimum Gasteiger partial charge on any atom is -0.324 e. The molecular weight excluding hydrogens is 364 g/mol. The molecule has 2 N–H and O–H groups in total. The van der Waals surface area contributed by atoms with Gasteiger partial charge >= 0.3 is 13.8 Å². The fourth-order valence-corrected chi connectivity index (χ4v) is 3.75. The highest BCUT2D eigenvalue weighted by Crippen LogP contribution is 2.35. The predicted molar refractivity (Wildman–Crippen MR) is 101 cm³/mol. The largest absolute Gasteiger partial charge is 0.389 e. The van der Waals surface area contributed by atoms with E-state index in [1.165, 1.54) is 44.9 Å². The summed E-state index contributed by atoms with van der Waals surface area (Å²) in [4.78, 5) is 17.5. The van der Waals surface area contributed by atoms with Gasteiger partial charge in [-0.05, 0) is 12.8 Å². The Morgan fingerprint density at radius 3 is 1.08 bits per heavy atom. The van der Waals surface area contributed by atoms with Crippen LogP contribution >= 0.6 is 7.60 Å². The van der Waals surface area contributed by atoms with Crippen molar-refractivity contribution in [3.63, 3.8) is 0 Å². The highest BCUT2D eigenvalue weighted by atomic mass is 31.2. The van der Waals surface area contributed by atoms with Crippen LogP contribution in [0.4, 0.5) is 13.2 Å². The molecular formula is C19H38F3O3P. The van der Waals surface area contributed by atoms with Gasteiger partial charge in [-0.25, -0.2) is 0 Å². The quantitative estimate of drug-likeness (QED) is 0.186. The Balaban J connectivity index is 3.08. The van der Waals surface area contributed by atoms with E-state index in [1.807, 2.05) is 0 Å². The van der Waals surface area contributed by atoms with Crippen molar-refractivity contribution in [1.82, 2.24) is 0 Å². The van der Waals surface area contributed by atoms with E-state index in [9.17, 15) is 17.7 Å². The zero-order valence-corrected chi connectivity index (χ0v) is 17.0. The number of hydrogen-bond acceptors (Lipinski definition) is 1. The Morgan fingerprint density at radius 2 is 0.808 bits per heavy atom. The smallest absolute Gasteiger partial charge is 0.324 e. The van der Waals surface area contributed by atoms with Crippen molar-refractivity contribution >= 4 is 7.60 Å². The van der Waals surface area contributed by atoms with Crippen LogP contribution in [0.2, 0.25) is 0 Å². The minimum absolute atomic E-state index is 0.0144. The molecule has 26 heavy (non-hydrogen) atoms. The monoisotopic (exact) mass is 402 g/mol. The van der Waals surface area contributed by atoms with Crippen LogP contribution in [0, 0.1) is 0 Å². The maximum atomic E-state index is 12.0. The highest BCUT2D eigenvalue weighted by Gasteiger charge is 2.25. The molecule has 0 heterocycles. The van der Waals surface area contributed by atoms with Gasteiger partial charge in [-0.3, -0.25) is 4.57 Å². The molecule has 0 spiro atoms. The van der Waals surface area contributed by atoms with Crippen LogP contribution in [0.5, 0.6) is 0 Å². The normalized spacial score (nSPS) is 12.7. The predicted octanol–water partition coefficient (Wildman–Crippen LogP) is 7.36. The number of rotatable bonds is 18. The molecule has 0 aliphatic rings. The first-order chi connectivity index (χ1) is 12.2. The van der Waals surface area contributed by atoms with Crippen LogP contribution in [-0.2, 0) is 4.57 Å². The van der Waals surface area contributed by atoms with Gasteiger partial charge in [-0.15, -0.1) is 0 Å². The van der Waals surface area contributed by atoms with Gasteiger partial charge in [0, 0.05) is 12.6 Å². The van der Waals surface area contributed by atoms with E-state index in [2.05, 4.69) is 0 Å². The van der Waals surface area contributed by atoms with Crippen LogP contribution in [0.15, 0.2) is 0 Å². The summed E-state index contributed by atoms with van der Waals surface area (Å²) in [5.74, 6) is 0. The van der Waals surface area contributed by atoms with Gasteiger partial charge in [0.1, 0.15) is 0 Å². The summed E-state index contributed by atoms with van der Waals surface area (Å²) >= 11 is 0. The van der Waals surface area contributed by atoms with Gasteiger partial charge in [-0.1, -0.05) is 89.9 Å². The molecule has 158 valence electrons. The molecule has 0 unspecified atom stereocenters. The van der Waals surface area contributed by atoms with Gasteiger partial charge < -0.3 is 9.79 Å². The lowest BCUT2D eigenvalue weighted by Crippen LogP contribution is -2.06. The van der Waals surface area contributed by atoms with Gasteiger partial charge in [-0.2, -0.15) is 13.2 Å². The molecule has 0 rings (SSSR count). The lowest BCUT2D eigenvalue weighted by Gasteiger charge is -2.06. The Kier molecular flexibility index (Phi) is 15.9. The van der Waals surface area contributed by atoms with Crippen LogP contribution in [-0.4, -0.2) is 22.1 Å². The summed E-state index contributed by atoms with van der Waals surface area (Å²) in [6, 6.07) is 0. The maximum absolute atomic E-state index is 12.0. The van der Waals surface area contributed by atoms with Crippen molar-refractivity contribution in [2.24, 2.45) is 0 Å². The van der Waals surface area contributed by atoms with Gasteiger partial charge in [0.15, 0.2) is 0 Å². The summed E-state index contributed by atoms with van der Waals surface area (Å²) in [7, 11) is -3.80. The van der Waals surface area contributed by atoms with Crippen molar-refractivity contribution in [2.75, 3.05) is 6.16 Å². The SMILES string of the molecule is O=P(O)(O)CCCCCCCCCCCCCCCCCCC(F)(F)F. The first-order valence-corrected chi connectivity index (χ1v) is 12.1. The summed E-state index contributed by atoms with van der Waals surface area (Å²) in [6.45, 7) is 0. The Bertz CT molecular complexity index is 356. The number of hydrogen-bond donors (Lipinski definition) is 2. The van der Waals surface area contributed by atoms with Crippen LogP contribution in [0.1, 0.15) is 109 Å². The van der Waals surface area contributed by atoms with Crippen LogP contribution in [0.25, 0.3) is 0 Å². The van der Waals surface area contributed by atoms with E-state index < -0.39 is 20.2 Å². The summed E-state index contributed by atoms with van der Waals surface area (Å²) in [5, 5.41) is 0. The van der Waals surface area contributed by atoms with Crippen molar-refractivity contribution in [3.8, 4) is 0 Å². The third-order valence-electron chi connectivity index (χ3n) is 4.66. The standard InChI is InChI=1S/C19H38F3O3P/c20-19(21,22)17-15-13-11-9-7-5-3-1-2-4-6-8-10-12-14-16-18-26(23,24)25/h1-18H2,(H2,23,24,25). The van der Waals surface area contributed by atoms with Gasteiger partial charge in [0.2, 0.25) is 0 Å². The molecule has 0 aliphatic carbocycles. The molecule has 0 saturated carbocycles. The topological polar surface area (TPSA) is 57.5 Å². The first kappa shape index (κ1) is 25.9. The van der Waals surface area contributed by atoms with Crippen LogP contribution < -0.4 is 0 Å². The van der Waals surface area contributed by atoms with E-state index >= 15 is 0 Å². The molecule has 0 fully saturated rings. The van der Waals surface area contributed by atoms with E-state index in [0.29, 0.717) is 12.8 Å². The summed E-state index contributed by atoms with van der Waals surface area (Å²) < 4.78 is 46.6. The second-order valence-electron chi connectivity index (χ2n) is 7.41. The number of unbranched alkanes of at least 4 members (excludes halogenated alkanes) is 15. The number of alkyl halides is 3. The molecule has 3 nitrogen and oxygen atoms in total. The fraction of sp³-hybridized carbons (Fsp3) is 1.00. The second-order valence-corrected chi connectivity index (χ2v) is 9.19. The molecule has 0 aromatic heterocycles. The van der Waals surface area contributed by atoms with Crippen molar-refractivity contribution in [3.05, 3.63) is 0 Å². The maximum Gasteiger partial charge on any atom is 0.389 e. The molecule has 7 heteroatoms. The van der Waals surface area contributed by atoms with Crippen molar-refractivity contribution in [1.29, 1.82) is 0 Å². The second kappa shape index (κ2) is 15.9. The Morgan fingerprint density at radius 1 is 0.538 bits per heavy atom. The van der Waals surface area contributed by atoms with Crippen LogP contribution in [0.3, 0.4) is 0 Å². The molecule has 0 radical (unpaired) electrons. The highest BCUT2D eigenvalue weighted by molar-refractivity contribution is 7.51. The van der Waals surface area contributed by atoms with E-state index in [4.69, 9.17) is 9.79 Å². The van der Waals surface area contributed by atoms with Gasteiger partial charge in [0.25, 0.3) is 0 Å². The van der Waals surface area contributed by atoms with Gasteiger partial charge in [0.05, 0.1) is 0 Å². The molecule has 0 amide bonds. The fourth-order valence-electron chi connectivity index (χ4n) is 3.12. The molecule has 0 atom stereocenters.